The van der Waals surface area contributed by atoms with E-state index in [-0.39, 0.29) is 18.1 Å². The summed E-state index contributed by atoms with van der Waals surface area (Å²) in [6, 6.07) is 11.0. The number of nitriles is 1. The molecule has 22 heavy (non-hydrogen) atoms. The van der Waals surface area contributed by atoms with E-state index in [4.69, 9.17) is 10.00 Å². The van der Waals surface area contributed by atoms with Crippen molar-refractivity contribution >= 4 is 11.9 Å². The number of rotatable bonds is 3. The van der Waals surface area contributed by atoms with E-state index in [1.807, 2.05) is 24.3 Å². The average molecular weight is 298 g/mol. The van der Waals surface area contributed by atoms with E-state index in [9.17, 15) is 9.59 Å². The van der Waals surface area contributed by atoms with Gasteiger partial charge in [-0.25, -0.2) is 4.79 Å². The number of hydrogen-bond acceptors (Lipinski definition) is 4. The molecular formula is C17H18N2O3. The lowest BCUT2D eigenvalue weighted by atomic mass is 9.98. The van der Waals surface area contributed by atoms with E-state index in [0.717, 1.165) is 5.57 Å². The third-order valence-corrected chi connectivity index (χ3v) is 3.62. The number of carbonyl (C=O) groups is 2. The van der Waals surface area contributed by atoms with Gasteiger partial charge in [0.15, 0.2) is 0 Å². The van der Waals surface area contributed by atoms with E-state index in [1.54, 1.807) is 24.0 Å². The lowest BCUT2D eigenvalue weighted by molar-refractivity contribution is -0.138. The summed E-state index contributed by atoms with van der Waals surface area (Å²) in [5.74, 6) is -0.586. The van der Waals surface area contributed by atoms with Crippen molar-refractivity contribution in [2.75, 3.05) is 19.7 Å². The van der Waals surface area contributed by atoms with Crippen LogP contribution in [-0.4, -0.2) is 36.5 Å². The van der Waals surface area contributed by atoms with Crippen molar-refractivity contribution in [2.24, 2.45) is 0 Å². The largest absolute Gasteiger partial charge is 0.462 e. The van der Waals surface area contributed by atoms with Crippen molar-refractivity contribution < 1.29 is 14.3 Å². The van der Waals surface area contributed by atoms with E-state index in [0.29, 0.717) is 31.5 Å². The van der Waals surface area contributed by atoms with Gasteiger partial charge < -0.3 is 9.64 Å². The van der Waals surface area contributed by atoms with Crippen molar-refractivity contribution in [3.05, 3.63) is 47.0 Å². The molecule has 0 aliphatic carbocycles. The zero-order valence-corrected chi connectivity index (χ0v) is 12.5. The number of piperidine rings is 1. The first kappa shape index (κ1) is 15.8. The normalized spacial score (nSPS) is 14.2. The molecule has 0 bridgehead atoms. The molecule has 0 radical (unpaired) electrons. The van der Waals surface area contributed by atoms with Crippen LogP contribution >= 0.6 is 0 Å². The highest BCUT2D eigenvalue weighted by Gasteiger charge is 2.24. The van der Waals surface area contributed by atoms with Crippen LogP contribution in [0.4, 0.5) is 0 Å². The third kappa shape index (κ3) is 3.53. The summed E-state index contributed by atoms with van der Waals surface area (Å²) in [7, 11) is 0. The second-order valence-corrected chi connectivity index (χ2v) is 4.97. The number of nitrogens with zero attached hydrogens (tertiary/aromatic N) is 2. The molecule has 0 atom stereocenters. The second kappa shape index (κ2) is 7.41. The van der Waals surface area contributed by atoms with Gasteiger partial charge in [-0.05, 0) is 37.5 Å². The van der Waals surface area contributed by atoms with Gasteiger partial charge in [-0.1, -0.05) is 18.2 Å². The number of carbonyl (C=O) groups excluding carboxylic acids is 2. The predicted octanol–water partition coefficient (Wildman–Crippen LogP) is 2.31. The smallest absolute Gasteiger partial charge is 0.348 e. The van der Waals surface area contributed by atoms with E-state index in [2.05, 4.69) is 0 Å². The monoisotopic (exact) mass is 298 g/mol. The van der Waals surface area contributed by atoms with Crippen LogP contribution in [0.3, 0.4) is 0 Å². The fraction of sp³-hybridized carbons (Fsp3) is 0.353. The van der Waals surface area contributed by atoms with Gasteiger partial charge >= 0.3 is 5.97 Å². The Hall–Kier alpha value is -2.61. The summed E-state index contributed by atoms with van der Waals surface area (Å²) in [6.45, 7) is 2.97. The first-order valence-electron chi connectivity index (χ1n) is 7.31. The molecule has 5 nitrogen and oxygen atoms in total. The molecule has 0 unspecified atom stereocenters. The van der Waals surface area contributed by atoms with Crippen LogP contribution in [-0.2, 0) is 9.53 Å². The topological polar surface area (TPSA) is 70.4 Å². The SMILES string of the molecule is CCOC(=O)C(C#N)=C1CCN(C(=O)c2ccccc2)CC1. The maximum atomic E-state index is 12.3. The Bertz CT molecular complexity index is 619. The number of hydrogen-bond donors (Lipinski definition) is 0. The van der Waals surface area contributed by atoms with Crippen molar-refractivity contribution in [1.29, 1.82) is 5.26 Å². The summed E-state index contributed by atoms with van der Waals surface area (Å²) >= 11 is 0. The molecule has 114 valence electrons. The summed E-state index contributed by atoms with van der Waals surface area (Å²) in [6.07, 6.45) is 1.06. The fourth-order valence-electron chi connectivity index (χ4n) is 2.47. The molecule has 1 aromatic carbocycles. The second-order valence-electron chi connectivity index (χ2n) is 4.97. The lowest BCUT2D eigenvalue weighted by Crippen LogP contribution is -2.36. The van der Waals surface area contributed by atoms with Gasteiger partial charge in [0.1, 0.15) is 11.6 Å². The lowest BCUT2D eigenvalue weighted by Gasteiger charge is -2.29. The minimum absolute atomic E-state index is 0.0192. The molecule has 0 saturated carbocycles. The van der Waals surface area contributed by atoms with Gasteiger partial charge in [-0.2, -0.15) is 5.26 Å². The Morgan fingerprint density at radius 2 is 1.86 bits per heavy atom. The molecule has 0 N–H and O–H groups in total. The highest BCUT2D eigenvalue weighted by molar-refractivity contribution is 5.95. The van der Waals surface area contributed by atoms with Gasteiger partial charge in [0, 0.05) is 18.7 Å². The van der Waals surface area contributed by atoms with Crippen molar-refractivity contribution in [2.45, 2.75) is 19.8 Å². The van der Waals surface area contributed by atoms with Crippen LogP contribution in [0.5, 0.6) is 0 Å². The van der Waals surface area contributed by atoms with Gasteiger partial charge in [-0.15, -0.1) is 0 Å². The molecule has 1 aliphatic heterocycles. The maximum absolute atomic E-state index is 12.3. The van der Waals surface area contributed by atoms with Crippen molar-refractivity contribution in [1.82, 2.24) is 4.90 Å². The first-order valence-corrected chi connectivity index (χ1v) is 7.31. The number of esters is 1. The van der Waals surface area contributed by atoms with Gasteiger partial charge in [0.05, 0.1) is 6.61 Å². The number of likely N-dealkylation sites (tertiary alicyclic amines) is 1. The quantitative estimate of drug-likeness (QED) is 0.488. The molecule has 1 fully saturated rings. The predicted molar refractivity (Wildman–Crippen MR) is 80.9 cm³/mol. The molecule has 2 rings (SSSR count). The molecule has 1 aliphatic rings. The van der Waals surface area contributed by atoms with Crippen LogP contribution in [0, 0.1) is 11.3 Å². The molecule has 1 aromatic rings. The number of amides is 1. The standard InChI is InChI=1S/C17H18N2O3/c1-2-22-17(21)15(12-18)13-8-10-19(11-9-13)16(20)14-6-4-3-5-7-14/h3-7H,2,8-11H2,1H3. The van der Waals surface area contributed by atoms with Crippen LogP contribution < -0.4 is 0 Å². The Morgan fingerprint density at radius 1 is 1.23 bits per heavy atom. The van der Waals surface area contributed by atoms with Gasteiger partial charge in [0.2, 0.25) is 0 Å². The summed E-state index contributed by atoms with van der Waals surface area (Å²) < 4.78 is 4.89. The fourth-order valence-corrected chi connectivity index (χ4v) is 2.47. The number of benzene rings is 1. The van der Waals surface area contributed by atoms with Crippen LogP contribution in [0.15, 0.2) is 41.5 Å². The Morgan fingerprint density at radius 3 is 2.41 bits per heavy atom. The van der Waals surface area contributed by atoms with Gasteiger partial charge in [0.25, 0.3) is 5.91 Å². The molecule has 5 heteroatoms. The summed E-state index contributed by atoms with van der Waals surface area (Å²) in [5.41, 5.74) is 1.52. The highest BCUT2D eigenvalue weighted by atomic mass is 16.5. The minimum Gasteiger partial charge on any atom is -0.462 e. The van der Waals surface area contributed by atoms with Crippen LogP contribution in [0.2, 0.25) is 0 Å². The molecule has 0 aromatic heterocycles. The maximum Gasteiger partial charge on any atom is 0.348 e. The average Bonchev–Trinajstić information content (AvgIpc) is 2.56. The zero-order chi connectivity index (χ0) is 15.9. The first-order chi connectivity index (χ1) is 10.7. The van der Waals surface area contributed by atoms with Crippen molar-refractivity contribution in [3.63, 3.8) is 0 Å². The van der Waals surface area contributed by atoms with E-state index < -0.39 is 5.97 Å². The zero-order valence-electron chi connectivity index (χ0n) is 12.5. The summed E-state index contributed by atoms with van der Waals surface area (Å²) in [5, 5.41) is 9.14. The Kier molecular flexibility index (Phi) is 5.31. The minimum atomic E-state index is -0.567. The van der Waals surface area contributed by atoms with Crippen LogP contribution in [0.25, 0.3) is 0 Å². The molecule has 0 spiro atoms. The number of ether oxygens (including phenoxy) is 1. The van der Waals surface area contributed by atoms with Gasteiger partial charge in [-0.3, -0.25) is 4.79 Å². The Balaban J connectivity index is 2.05. The Labute approximate surface area is 129 Å². The molecular weight excluding hydrogens is 280 g/mol. The summed E-state index contributed by atoms with van der Waals surface area (Å²) in [4.78, 5) is 25.8. The van der Waals surface area contributed by atoms with E-state index in [1.165, 1.54) is 0 Å². The molecule has 1 heterocycles. The third-order valence-electron chi connectivity index (χ3n) is 3.62. The molecule has 1 saturated heterocycles. The van der Waals surface area contributed by atoms with Crippen LogP contribution in [0.1, 0.15) is 30.1 Å². The highest BCUT2D eigenvalue weighted by Crippen LogP contribution is 2.22. The molecule has 1 amide bonds. The van der Waals surface area contributed by atoms with Crippen molar-refractivity contribution in [3.8, 4) is 6.07 Å². The van der Waals surface area contributed by atoms with E-state index >= 15 is 0 Å².